The fraction of sp³-hybridized carbons (Fsp3) is 0.625. The molecule has 0 spiro atoms. The van der Waals surface area contributed by atoms with Gasteiger partial charge < -0.3 is 16.4 Å². The van der Waals surface area contributed by atoms with Crippen LogP contribution in [0, 0.1) is 0 Å². The van der Waals surface area contributed by atoms with Crippen molar-refractivity contribution in [2.45, 2.75) is 24.8 Å². The highest BCUT2D eigenvalue weighted by Gasteiger charge is 2.28. The van der Waals surface area contributed by atoms with Crippen molar-refractivity contribution in [1.29, 1.82) is 0 Å². The molecule has 1 heterocycles. The zero-order valence-corrected chi connectivity index (χ0v) is 9.60. The van der Waals surface area contributed by atoms with Crippen molar-refractivity contribution in [3.63, 3.8) is 0 Å². The number of nitrogens with two attached hydrogens (primary N) is 1. The Balaban J connectivity index is 2.18. The number of rotatable bonds is 5. The van der Waals surface area contributed by atoms with Crippen molar-refractivity contribution in [2.75, 3.05) is 5.75 Å². The molecule has 2 atom stereocenters. The smallest absolute Gasteiger partial charge is 0.322 e. The van der Waals surface area contributed by atoms with Crippen LogP contribution in [0.1, 0.15) is 13.3 Å². The minimum atomic E-state index is -0.577. The van der Waals surface area contributed by atoms with Crippen molar-refractivity contribution < 1.29 is 14.4 Å². The Hall–Kier alpha value is -1.44. The van der Waals surface area contributed by atoms with Gasteiger partial charge in [-0.2, -0.15) is 0 Å². The SMILES string of the molecule is CC(NC(N)=O)SCCC1NC(=O)NC1=O. The minimum Gasteiger partial charge on any atom is -0.352 e. The fourth-order valence-electron chi connectivity index (χ4n) is 1.27. The van der Waals surface area contributed by atoms with E-state index in [1.165, 1.54) is 11.8 Å². The summed E-state index contributed by atoms with van der Waals surface area (Å²) in [6.07, 6.45) is 0.521. The van der Waals surface area contributed by atoms with Crippen LogP contribution in [0.4, 0.5) is 9.59 Å². The van der Waals surface area contributed by atoms with Crippen LogP contribution in [-0.2, 0) is 4.79 Å². The van der Waals surface area contributed by atoms with Gasteiger partial charge in [0.15, 0.2) is 0 Å². The van der Waals surface area contributed by atoms with E-state index in [1.807, 2.05) is 0 Å². The Morgan fingerprint density at radius 3 is 2.81 bits per heavy atom. The van der Waals surface area contributed by atoms with E-state index in [-0.39, 0.29) is 11.3 Å². The molecule has 8 heteroatoms. The topological polar surface area (TPSA) is 113 Å². The fourth-order valence-corrected chi connectivity index (χ4v) is 2.19. The number of imide groups is 1. The van der Waals surface area contributed by atoms with Crippen LogP contribution in [0.3, 0.4) is 0 Å². The van der Waals surface area contributed by atoms with Crippen LogP contribution in [0.25, 0.3) is 0 Å². The van der Waals surface area contributed by atoms with Gasteiger partial charge in [-0.05, 0) is 19.1 Å². The number of hydrogen-bond donors (Lipinski definition) is 4. The summed E-state index contributed by atoms with van der Waals surface area (Å²) in [4.78, 5) is 32.4. The largest absolute Gasteiger partial charge is 0.352 e. The second-order valence-electron chi connectivity index (χ2n) is 3.33. The summed E-state index contributed by atoms with van der Waals surface area (Å²) in [6.45, 7) is 1.79. The maximum absolute atomic E-state index is 11.1. The van der Waals surface area contributed by atoms with Gasteiger partial charge in [-0.25, -0.2) is 9.59 Å². The predicted octanol–water partition coefficient (Wildman–Crippen LogP) is -0.668. The maximum atomic E-state index is 11.1. The first-order valence-electron chi connectivity index (χ1n) is 4.78. The zero-order chi connectivity index (χ0) is 12.1. The lowest BCUT2D eigenvalue weighted by Gasteiger charge is -2.12. The highest BCUT2D eigenvalue weighted by atomic mass is 32.2. The number of thioether (sulfide) groups is 1. The Bertz CT molecular complexity index is 310. The zero-order valence-electron chi connectivity index (χ0n) is 8.78. The van der Waals surface area contributed by atoms with E-state index in [4.69, 9.17) is 5.73 Å². The number of nitrogens with one attached hydrogen (secondary N) is 3. The summed E-state index contributed by atoms with van der Waals surface area (Å²) in [6, 6.07) is -1.50. The molecule has 2 unspecified atom stereocenters. The van der Waals surface area contributed by atoms with Crippen molar-refractivity contribution in [2.24, 2.45) is 5.73 Å². The maximum Gasteiger partial charge on any atom is 0.322 e. The molecular formula is C8H14N4O3S. The summed E-state index contributed by atoms with van der Waals surface area (Å²) >= 11 is 1.45. The van der Waals surface area contributed by atoms with Gasteiger partial charge in [0.25, 0.3) is 5.91 Å². The van der Waals surface area contributed by atoms with Gasteiger partial charge in [0.05, 0.1) is 5.37 Å². The summed E-state index contributed by atoms with van der Waals surface area (Å²) in [5.41, 5.74) is 4.94. The highest BCUT2D eigenvalue weighted by molar-refractivity contribution is 7.99. The van der Waals surface area contributed by atoms with Gasteiger partial charge in [0.2, 0.25) is 0 Å². The number of primary amides is 1. The summed E-state index contributed by atoms with van der Waals surface area (Å²) < 4.78 is 0. The standard InChI is InChI=1S/C8H14N4O3S/c1-4(10-7(9)14)16-3-2-5-6(13)12-8(15)11-5/h4-5H,2-3H2,1H3,(H3,9,10,14)(H2,11,12,13,15). The van der Waals surface area contributed by atoms with Crippen LogP contribution < -0.4 is 21.7 Å². The van der Waals surface area contributed by atoms with E-state index in [0.717, 1.165) is 0 Å². The van der Waals surface area contributed by atoms with Crippen LogP contribution >= 0.6 is 11.8 Å². The molecular weight excluding hydrogens is 232 g/mol. The van der Waals surface area contributed by atoms with E-state index >= 15 is 0 Å². The van der Waals surface area contributed by atoms with Gasteiger partial charge >= 0.3 is 12.1 Å². The number of hydrogen-bond acceptors (Lipinski definition) is 4. The normalized spacial score (nSPS) is 21.2. The van der Waals surface area contributed by atoms with Gasteiger partial charge in [-0.3, -0.25) is 10.1 Å². The molecule has 7 nitrogen and oxygen atoms in total. The van der Waals surface area contributed by atoms with Gasteiger partial charge in [-0.1, -0.05) is 0 Å². The summed E-state index contributed by atoms with van der Waals surface area (Å²) in [5.74, 6) is 0.334. The molecule has 1 rings (SSSR count). The molecule has 0 bridgehead atoms. The molecule has 0 radical (unpaired) electrons. The van der Waals surface area contributed by atoms with E-state index in [1.54, 1.807) is 6.92 Å². The molecule has 1 aliphatic heterocycles. The van der Waals surface area contributed by atoms with Crippen molar-refractivity contribution in [3.05, 3.63) is 0 Å². The summed E-state index contributed by atoms with van der Waals surface area (Å²) in [7, 11) is 0. The molecule has 0 aromatic heterocycles. The Kier molecular flexibility index (Phi) is 4.41. The molecule has 0 aromatic carbocycles. The lowest BCUT2D eigenvalue weighted by molar-refractivity contribution is -0.120. The van der Waals surface area contributed by atoms with E-state index in [0.29, 0.717) is 12.2 Å². The number of carbonyl (C=O) groups excluding carboxylic acids is 3. The average Bonchev–Trinajstić information content (AvgIpc) is 2.44. The highest BCUT2D eigenvalue weighted by Crippen LogP contribution is 2.11. The molecule has 90 valence electrons. The van der Waals surface area contributed by atoms with Crippen LogP contribution in [0.2, 0.25) is 0 Å². The van der Waals surface area contributed by atoms with Crippen molar-refractivity contribution >= 4 is 29.7 Å². The second-order valence-corrected chi connectivity index (χ2v) is 4.77. The third-order valence-corrected chi connectivity index (χ3v) is 3.07. The van der Waals surface area contributed by atoms with Gasteiger partial charge in [-0.15, -0.1) is 11.8 Å². The predicted molar refractivity (Wildman–Crippen MR) is 59.7 cm³/mol. The third-order valence-electron chi connectivity index (χ3n) is 1.98. The average molecular weight is 246 g/mol. The second kappa shape index (κ2) is 5.59. The molecule has 1 fully saturated rings. The van der Waals surface area contributed by atoms with Crippen molar-refractivity contribution in [3.8, 4) is 0 Å². The molecule has 5 N–H and O–H groups in total. The minimum absolute atomic E-state index is 0.113. The van der Waals surface area contributed by atoms with Gasteiger partial charge in [0, 0.05) is 0 Å². The Labute approximate surface area is 96.9 Å². The Morgan fingerprint density at radius 1 is 1.62 bits per heavy atom. The Morgan fingerprint density at radius 2 is 2.31 bits per heavy atom. The monoisotopic (exact) mass is 246 g/mol. The molecule has 1 aliphatic rings. The van der Waals surface area contributed by atoms with E-state index in [9.17, 15) is 14.4 Å². The first-order valence-corrected chi connectivity index (χ1v) is 5.83. The molecule has 5 amide bonds. The number of carbonyl (C=O) groups is 3. The van der Waals surface area contributed by atoms with E-state index in [2.05, 4.69) is 16.0 Å². The third kappa shape index (κ3) is 3.97. The summed E-state index contributed by atoms with van der Waals surface area (Å²) in [5, 5.41) is 7.03. The molecule has 16 heavy (non-hydrogen) atoms. The first-order chi connectivity index (χ1) is 7.49. The number of urea groups is 2. The van der Waals surface area contributed by atoms with Gasteiger partial charge in [0.1, 0.15) is 6.04 Å². The quantitative estimate of drug-likeness (QED) is 0.380. The lowest BCUT2D eigenvalue weighted by atomic mass is 10.2. The van der Waals surface area contributed by atoms with Crippen LogP contribution in [0.5, 0.6) is 0 Å². The van der Waals surface area contributed by atoms with Crippen molar-refractivity contribution in [1.82, 2.24) is 16.0 Å². The number of amides is 5. The molecule has 0 aliphatic carbocycles. The molecule has 0 saturated carbocycles. The molecule has 0 aromatic rings. The van der Waals surface area contributed by atoms with E-state index < -0.39 is 18.1 Å². The molecule has 1 saturated heterocycles. The lowest BCUT2D eigenvalue weighted by Crippen LogP contribution is -2.35. The van der Waals surface area contributed by atoms with Crippen LogP contribution in [0.15, 0.2) is 0 Å². The van der Waals surface area contributed by atoms with Crippen LogP contribution in [-0.4, -0.2) is 35.1 Å². The first kappa shape index (κ1) is 12.6.